The van der Waals surface area contributed by atoms with Crippen LogP contribution in [0.4, 0.5) is 5.82 Å². The zero-order chi connectivity index (χ0) is 14.8. The molecule has 0 saturated heterocycles. The summed E-state index contributed by atoms with van der Waals surface area (Å²) >= 11 is 0. The van der Waals surface area contributed by atoms with Gasteiger partial charge in [-0.1, -0.05) is 19.1 Å². The largest absolute Gasteiger partial charge is 0.490 e. The molecule has 4 nitrogen and oxygen atoms in total. The van der Waals surface area contributed by atoms with Gasteiger partial charge in [0.15, 0.2) is 0 Å². The summed E-state index contributed by atoms with van der Waals surface area (Å²) in [6.07, 6.45) is 4.56. The van der Waals surface area contributed by atoms with Crippen LogP contribution < -0.4 is 10.5 Å². The molecular weight excluding hydrogens is 262 g/mol. The van der Waals surface area contributed by atoms with Crippen LogP contribution in [0, 0.1) is 6.92 Å². The quantitative estimate of drug-likeness (QED) is 0.912. The normalized spacial score (nSPS) is 14.2. The molecule has 1 aromatic carbocycles. The van der Waals surface area contributed by atoms with Gasteiger partial charge >= 0.3 is 0 Å². The summed E-state index contributed by atoms with van der Waals surface area (Å²) in [7, 11) is 0. The van der Waals surface area contributed by atoms with Crippen LogP contribution in [-0.2, 0) is 6.42 Å². The molecule has 1 saturated carbocycles. The first kappa shape index (κ1) is 13.9. The molecule has 21 heavy (non-hydrogen) atoms. The van der Waals surface area contributed by atoms with Crippen LogP contribution in [0.3, 0.4) is 0 Å². The standard InChI is InChI=1S/C17H21N3O/c1-3-5-15-19-16(11(2)17(18)20-15)12-6-4-7-14(10-12)21-13-8-9-13/h4,6-7,10,13H,3,5,8-9H2,1-2H3,(H2,18,19,20). The molecule has 0 bridgehead atoms. The molecule has 1 aliphatic rings. The number of aromatic nitrogens is 2. The Morgan fingerprint density at radius 3 is 2.81 bits per heavy atom. The number of hydrogen-bond acceptors (Lipinski definition) is 4. The van der Waals surface area contributed by atoms with Gasteiger partial charge < -0.3 is 10.5 Å². The number of nitrogen functional groups attached to an aromatic ring is 1. The summed E-state index contributed by atoms with van der Waals surface area (Å²) in [6, 6.07) is 8.09. The number of ether oxygens (including phenoxy) is 1. The summed E-state index contributed by atoms with van der Waals surface area (Å²) in [5.74, 6) is 2.28. The molecule has 1 aromatic heterocycles. The number of aryl methyl sites for hydroxylation is 1. The van der Waals surface area contributed by atoms with Crippen LogP contribution in [0.2, 0.25) is 0 Å². The second kappa shape index (κ2) is 5.72. The molecule has 0 atom stereocenters. The molecule has 2 aromatic rings. The van der Waals surface area contributed by atoms with E-state index in [9.17, 15) is 0 Å². The lowest BCUT2D eigenvalue weighted by Crippen LogP contribution is -2.05. The van der Waals surface area contributed by atoms with Gasteiger partial charge in [-0.3, -0.25) is 0 Å². The number of nitrogens with zero attached hydrogens (tertiary/aromatic N) is 2. The van der Waals surface area contributed by atoms with Gasteiger partial charge in [0.25, 0.3) is 0 Å². The van der Waals surface area contributed by atoms with Crippen molar-refractivity contribution in [1.29, 1.82) is 0 Å². The monoisotopic (exact) mass is 283 g/mol. The van der Waals surface area contributed by atoms with Crippen LogP contribution >= 0.6 is 0 Å². The number of benzene rings is 1. The minimum absolute atomic E-state index is 0.396. The van der Waals surface area contributed by atoms with E-state index in [2.05, 4.69) is 16.9 Å². The highest BCUT2D eigenvalue weighted by Crippen LogP contribution is 2.31. The molecule has 1 aliphatic carbocycles. The molecule has 0 radical (unpaired) electrons. The second-order valence-electron chi connectivity index (χ2n) is 5.59. The summed E-state index contributed by atoms with van der Waals surface area (Å²) in [4.78, 5) is 9.05. The van der Waals surface area contributed by atoms with E-state index >= 15 is 0 Å². The summed E-state index contributed by atoms with van der Waals surface area (Å²) < 4.78 is 5.86. The third-order valence-electron chi connectivity index (χ3n) is 3.64. The van der Waals surface area contributed by atoms with Gasteiger partial charge in [0.1, 0.15) is 17.4 Å². The minimum Gasteiger partial charge on any atom is -0.490 e. The van der Waals surface area contributed by atoms with Crippen LogP contribution in [0.1, 0.15) is 37.6 Å². The molecule has 1 heterocycles. The van der Waals surface area contributed by atoms with Gasteiger partial charge in [-0.15, -0.1) is 0 Å². The molecule has 0 spiro atoms. The Morgan fingerprint density at radius 1 is 1.29 bits per heavy atom. The van der Waals surface area contributed by atoms with Crippen molar-refractivity contribution >= 4 is 5.82 Å². The highest BCUT2D eigenvalue weighted by Gasteiger charge is 2.23. The summed E-state index contributed by atoms with van der Waals surface area (Å²) in [6.45, 7) is 4.08. The van der Waals surface area contributed by atoms with Crippen molar-refractivity contribution in [2.24, 2.45) is 0 Å². The predicted octanol–water partition coefficient (Wildman–Crippen LogP) is 3.53. The predicted molar refractivity (Wildman–Crippen MR) is 84.3 cm³/mol. The van der Waals surface area contributed by atoms with Crippen molar-refractivity contribution in [3.8, 4) is 17.0 Å². The molecule has 3 rings (SSSR count). The molecule has 1 fully saturated rings. The molecule has 0 unspecified atom stereocenters. The van der Waals surface area contributed by atoms with Crippen molar-refractivity contribution in [1.82, 2.24) is 9.97 Å². The Kier molecular flexibility index (Phi) is 3.78. The van der Waals surface area contributed by atoms with Crippen LogP contribution in [0.5, 0.6) is 5.75 Å². The highest BCUT2D eigenvalue weighted by atomic mass is 16.5. The lowest BCUT2D eigenvalue weighted by molar-refractivity contribution is 0.303. The molecule has 0 aliphatic heterocycles. The van der Waals surface area contributed by atoms with E-state index in [1.807, 2.05) is 31.2 Å². The first-order chi connectivity index (χ1) is 10.2. The van der Waals surface area contributed by atoms with E-state index in [4.69, 9.17) is 10.5 Å². The van der Waals surface area contributed by atoms with Gasteiger partial charge in [-0.2, -0.15) is 0 Å². The number of nitrogens with two attached hydrogens (primary N) is 1. The van der Waals surface area contributed by atoms with Gasteiger partial charge in [0.2, 0.25) is 0 Å². The van der Waals surface area contributed by atoms with Gasteiger partial charge in [0, 0.05) is 17.5 Å². The Balaban J connectivity index is 1.98. The average Bonchev–Trinajstić information content (AvgIpc) is 3.27. The van der Waals surface area contributed by atoms with Crippen LogP contribution in [0.15, 0.2) is 24.3 Å². The lowest BCUT2D eigenvalue weighted by Gasteiger charge is -2.11. The minimum atomic E-state index is 0.396. The van der Waals surface area contributed by atoms with Crippen LogP contribution in [0.25, 0.3) is 11.3 Å². The van der Waals surface area contributed by atoms with Gasteiger partial charge in [-0.05, 0) is 38.3 Å². The lowest BCUT2D eigenvalue weighted by atomic mass is 10.1. The molecule has 4 heteroatoms. The second-order valence-corrected chi connectivity index (χ2v) is 5.59. The smallest absolute Gasteiger partial charge is 0.131 e. The van der Waals surface area contributed by atoms with E-state index in [1.54, 1.807) is 0 Å². The fourth-order valence-corrected chi connectivity index (χ4v) is 2.29. The Morgan fingerprint density at radius 2 is 2.10 bits per heavy atom. The third-order valence-corrected chi connectivity index (χ3v) is 3.64. The average molecular weight is 283 g/mol. The van der Waals surface area contributed by atoms with E-state index in [0.29, 0.717) is 11.9 Å². The first-order valence-corrected chi connectivity index (χ1v) is 7.57. The summed E-state index contributed by atoms with van der Waals surface area (Å²) in [5, 5.41) is 0. The van der Waals surface area contributed by atoms with Crippen molar-refractivity contribution < 1.29 is 4.74 Å². The Bertz CT molecular complexity index is 650. The Hall–Kier alpha value is -2.10. The van der Waals surface area contributed by atoms with E-state index in [1.165, 1.54) is 0 Å². The Labute approximate surface area is 125 Å². The fourth-order valence-electron chi connectivity index (χ4n) is 2.29. The molecule has 0 amide bonds. The maximum Gasteiger partial charge on any atom is 0.131 e. The van der Waals surface area contributed by atoms with Crippen molar-refractivity contribution in [3.63, 3.8) is 0 Å². The zero-order valence-electron chi connectivity index (χ0n) is 12.6. The van der Waals surface area contributed by atoms with Crippen LogP contribution in [-0.4, -0.2) is 16.1 Å². The SMILES string of the molecule is CCCc1nc(N)c(C)c(-c2cccc(OC3CC3)c2)n1. The molecule has 110 valence electrons. The molecular formula is C17H21N3O. The third kappa shape index (κ3) is 3.15. The number of hydrogen-bond donors (Lipinski definition) is 1. The van der Waals surface area contributed by atoms with Crippen molar-refractivity contribution in [2.75, 3.05) is 5.73 Å². The van der Waals surface area contributed by atoms with Gasteiger partial charge in [-0.25, -0.2) is 9.97 Å². The number of rotatable bonds is 5. The van der Waals surface area contributed by atoms with E-state index < -0.39 is 0 Å². The number of anilines is 1. The highest BCUT2D eigenvalue weighted by molar-refractivity contribution is 5.68. The van der Waals surface area contributed by atoms with Crippen molar-refractivity contribution in [3.05, 3.63) is 35.7 Å². The van der Waals surface area contributed by atoms with Gasteiger partial charge in [0.05, 0.1) is 11.8 Å². The maximum atomic E-state index is 6.04. The first-order valence-electron chi connectivity index (χ1n) is 7.57. The summed E-state index contributed by atoms with van der Waals surface area (Å²) in [5.41, 5.74) is 8.91. The zero-order valence-corrected chi connectivity index (χ0v) is 12.6. The van der Waals surface area contributed by atoms with E-state index in [0.717, 1.165) is 54.1 Å². The van der Waals surface area contributed by atoms with Crippen molar-refractivity contribution in [2.45, 2.75) is 45.6 Å². The topological polar surface area (TPSA) is 61.0 Å². The maximum absolute atomic E-state index is 6.04. The van der Waals surface area contributed by atoms with E-state index in [-0.39, 0.29) is 0 Å². The molecule has 2 N–H and O–H groups in total. The fraction of sp³-hybridized carbons (Fsp3) is 0.412.